The van der Waals surface area contributed by atoms with E-state index in [-0.39, 0.29) is 39.9 Å². The molecule has 4 fully saturated rings. The zero-order valence-corrected chi connectivity index (χ0v) is 27.3. The number of piperazine rings is 1. The zero-order chi connectivity index (χ0) is 32.0. The summed E-state index contributed by atoms with van der Waals surface area (Å²) in [5.41, 5.74) is 5.31. The highest BCUT2D eigenvalue weighted by Crippen LogP contribution is 2.46. The number of carbonyl (C=O) groups excluding carboxylic acids is 2. The third-order valence-corrected chi connectivity index (χ3v) is 10.8. The highest BCUT2D eigenvalue weighted by Gasteiger charge is 2.51. The largest absolute Gasteiger partial charge is 0.378 e. The molecule has 1 spiro atoms. The van der Waals surface area contributed by atoms with Crippen LogP contribution < -0.4 is 21.1 Å². The Morgan fingerprint density at radius 1 is 1.02 bits per heavy atom. The van der Waals surface area contributed by atoms with E-state index in [2.05, 4.69) is 73.9 Å². The normalized spacial score (nSPS) is 25.0. The van der Waals surface area contributed by atoms with Crippen molar-refractivity contribution < 1.29 is 9.59 Å². The third kappa shape index (κ3) is 6.30. The molecule has 2 N–H and O–H groups in total. The van der Waals surface area contributed by atoms with Crippen LogP contribution in [0, 0.1) is 0 Å². The molecule has 2 aromatic carbocycles. The van der Waals surface area contributed by atoms with Crippen molar-refractivity contribution in [1.82, 2.24) is 24.9 Å². The maximum atomic E-state index is 12.5. The van der Waals surface area contributed by atoms with Crippen LogP contribution in [0.5, 0.6) is 0 Å². The van der Waals surface area contributed by atoms with Crippen LogP contribution in [-0.2, 0) is 23.2 Å². The molecule has 7 rings (SSSR count). The van der Waals surface area contributed by atoms with Crippen molar-refractivity contribution in [2.24, 2.45) is 7.05 Å². The molecular formula is C35H42ClN7O3. The molecule has 3 saturated heterocycles. The molecule has 0 radical (unpaired) electrons. The third-order valence-electron chi connectivity index (χ3n) is 10.4. The van der Waals surface area contributed by atoms with E-state index in [1.807, 2.05) is 12.1 Å². The number of hydrogen-bond acceptors (Lipinski definition) is 8. The minimum Gasteiger partial charge on any atom is -0.378 e. The Labute approximate surface area is 274 Å². The molecule has 3 aromatic rings. The number of rotatable bonds is 7. The Hall–Kier alpha value is -3.73. The summed E-state index contributed by atoms with van der Waals surface area (Å²) in [6, 6.07) is 17.7. The molecule has 2 amide bonds. The van der Waals surface area contributed by atoms with Crippen LogP contribution in [0.2, 0.25) is 5.02 Å². The van der Waals surface area contributed by atoms with Gasteiger partial charge in [-0.3, -0.25) is 24.6 Å². The number of amides is 2. The van der Waals surface area contributed by atoms with Crippen LogP contribution in [0.4, 0.5) is 11.4 Å². The van der Waals surface area contributed by atoms with Gasteiger partial charge in [0.2, 0.25) is 11.8 Å². The summed E-state index contributed by atoms with van der Waals surface area (Å²) in [6.07, 6.45) is 5.94. The average Bonchev–Trinajstić information content (AvgIpc) is 3.82. The van der Waals surface area contributed by atoms with Crippen LogP contribution in [0.25, 0.3) is 0 Å². The number of likely N-dealkylation sites (tertiary alicyclic amines) is 1. The van der Waals surface area contributed by atoms with Crippen LogP contribution >= 0.6 is 11.6 Å². The van der Waals surface area contributed by atoms with E-state index in [0.717, 1.165) is 56.9 Å². The summed E-state index contributed by atoms with van der Waals surface area (Å²) in [5.74, 6) is -0.247. The Morgan fingerprint density at radius 3 is 2.59 bits per heavy atom. The van der Waals surface area contributed by atoms with Gasteiger partial charge in [0, 0.05) is 70.0 Å². The number of nitrogens with zero attached hydrogens (tertiary/aromatic N) is 5. The van der Waals surface area contributed by atoms with Gasteiger partial charge in [-0.25, -0.2) is 4.68 Å². The summed E-state index contributed by atoms with van der Waals surface area (Å²) in [7, 11) is 3.74. The number of aromatic nitrogens is 2. The topological polar surface area (TPSA) is 103 Å². The SMILES string of the molecule is CN1C[C@H](Nc2cnn(C)c(=O)c2Cl)C[C@H](c2ccc(CN3CCN(c4cccc(C5CCC(=O)NC5=O)c4)CC34CC4)cc2)C1. The number of imide groups is 1. The fourth-order valence-electron chi connectivity index (χ4n) is 7.66. The fourth-order valence-corrected chi connectivity index (χ4v) is 7.89. The van der Waals surface area contributed by atoms with Gasteiger partial charge >= 0.3 is 0 Å². The second-order valence-electron chi connectivity index (χ2n) is 13.7. The molecule has 1 saturated carbocycles. The van der Waals surface area contributed by atoms with Gasteiger partial charge in [-0.15, -0.1) is 0 Å². The van der Waals surface area contributed by atoms with E-state index in [4.69, 9.17) is 11.6 Å². The second-order valence-corrected chi connectivity index (χ2v) is 14.1. The number of piperidine rings is 2. The number of anilines is 2. The van der Waals surface area contributed by atoms with Gasteiger partial charge in [0.25, 0.3) is 5.56 Å². The first-order valence-electron chi connectivity index (χ1n) is 16.4. The predicted molar refractivity (Wildman–Crippen MR) is 179 cm³/mol. The summed E-state index contributed by atoms with van der Waals surface area (Å²) in [5, 5.41) is 10.3. The van der Waals surface area contributed by atoms with Crippen molar-refractivity contribution in [3.05, 3.63) is 86.8 Å². The zero-order valence-electron chi connectivity index (χ0n) is 26.5. The molecule has 11 heteroatoms. The molecule has 1 aromatic heterocycles. The second kappa shape index (κ2) is 12.5. The van der Waals surface area contributed by atoms with Gasteiger partial charge in [-0.2, -0.15) is 5.10 Å². The maximum Gasteiger partial charge on any atom is 0.287 e. The number of nitrogens with one attached hydrogen (secondary N) is 2. The fraction of sp³-hybridized carbons (Fsp3) is 0.486. The van der Waals surface area contributed by atoms with Crippen molar-refractivity contribution in [2.75, 3.05) is 50.0 Å². The summed E-state index contributed by atoms with van der Waals surface area (Å²) >= 11 is 6.33. The van der Waals surface area contributed by atoms with Gasteiger partial charge in [0.1, 0.15) is 5.02 Å². The van der Waals surface area contributed by atoms with E-state index in [9.17, 15) is 14.4 Å². The Kier molecular flexibility index (Phi) is 8.37. The monoisotopic (exact) mass is 643 g/mol. The quantitative estimate of drug-likeness (QED) is 0.376. The van der Waals surface area contributed by atoms with E-state index in [1.54, 1.807) is 13.2 Å². The number of hydrogen-bond donors (Lipinski definition) is 2. The maximum absolute atomic E-state index is 12.5. The van der Waals surface area contributed by atoms with Crippen LogP contribution in [0.3, 0.4) is 0 Å². The van der Waals surface area contributed by atoms with Crippen molar-refractivity contribution in [3.63, 3.8) is 0 Å². The van der Waals surface area contributed by atoms with Gasteiger partial charge in [-0.1, -0.05) is 48.0 Å². The molecule has 1 aliphatic carbocycles. The summed E-state index contributed by atoms with van der Waals surface area (Å²) in [4.78, 5) is 43.9. The molecule has 242 valence electrons. The van der Waals surface area contributed by atoms with E-state index < -0.39 is 0 Å². The molecule has 3 aliphatic heterocycles. The lowest BCUT2D eigenvalue weighted by molar-refractivity contribution is -0.134. The van der Waals surface area contributed by atoms with Crippen LogP contribution in [0.15, 0.2) is 59.5 Å². The molecule has 46 heavy (non-hydrogen) atoms. The first-order chi connectivity index (χ1) is 22.2. The molecular weight excluding hydrogens is 602 g/mol. The highest BCUT2D eigenvalue weighted by atomic mass is 35.5. The number of carbonyl (C=O) groups is 2. The molecule has 1 unspecified atom stereocenters. The first kappa shape index (κ1) is 30.9. The minimum absolute atomic E-state index is 0.158. The standard InChI is InChI=1S/C35H42ClN7O3/c1-40-20-26(16-27(21-40)38-30-18-37-41(2)34(46)32(30)36)24-8-6-23(7-9-24)19-43-15-14-42(22-35(43)12-13-35)28-5-3-4-25(17-28)29-10-11-31(44)39-33(29)45/h3-9,17-18,26-27,29,38H,10-16,19-22H2,1-2H3,(H,39,44,45)/t26-,27+,29?/m0/s1. The highest BCUT2D eigenvalue weighted by molar-refractivity contribution is 6.32. The average molecular weight is 644 g/mol. The van der Waals surface area contributed by atoms with E-state index in [1.165, 1.54) is 28.7 Å². The van der Waals surface area contributed by atoms with Gasteiger partial charge in [0.15, 0.2) is 0 Å². The van der Waals surface area contributed by atoms with Gasteiger partial charge in [-0.05, 0) is 67.5 Å². The number of benzene rings is 2. The Bertz CT molecular complexity index is 1690. The van der Waals surface area contributed by atoms with Crippen molar-refractivity contribution in [3.8, 4) is 0 Å². The Morgan fingerprint density at radius 2 is 1.83 bits per heavy atom. The molecule has 0 bridgehead atoms. The lowest BCUT2D eigenvalue weighted by atomic mass is 9.87. The van der Waals surface area contributed by atoms with Gasteiger partial charge < -0.3 is 15.1 Å². The van der Waals surface area contributed by atoms with Crippen molar-refractivity contribution in [1.29, 1.82) is 0 Å². The van der Waals surface area contributed by atoms with Crippen LogP contribution in [-0.4, -0.2) is 82.7 Å². The molecule has 4 aliphatic rings. The number of likely N-dealkylation sites (N-methyl/N-ethyl adjacent to an activating group) is 1. The molecule has 4 heterocycles. The smallest absolute Gasteiger partial charge is 0.287 e. The van der Waals surface area contributed by atoms with Gasteiger partial charge in [0.05, 0.1) is 17.8 Å². The van der Waals surface area contributed by atoms with Crippen molar-refractivity contribution >= 4 is 34.8 Å². The van der Waals surface area contributed by atoms with E-state index in [0.29, 0.717) is 24.4 Å². The van der Waals surface area contributed by atoms with E-state index >= 15 is 0 Å². The lowest BCUT2D eigenvalue weighted by Crippen LogP contribution is -2.54. The number of halogens is 1. The first-order valence-corrected chi connectivity index (χ1v) is 16.7. The predicted octanol–water partition coefficient (Wildman–Crippen LogP) is 3.71. The molecule has 10 nitrogen and oxygen atoms in total. The lowest BCUT2D eigenvalue weighted by Gasteiger charge is -2.43. The summed E-state index contributed by atoms with van der Waals surface area (Å²) < 4.78 is 1.25. The summed E-state index contributed by atoms with van der Waals surface area (Å²) in [6.45, 7) is 5.71. The van der Waals surface area contributed by atoms with Crippen LogP contribution in [0.1, 0.15) is 60.6 Å². The number of aryl methyl sites for hydroxylation is 1. The Balaban J connectivity index is 0.976. The van der Waals surface area contributed by atoms with Crippen molar-refractivity contribution in [2.45, 2.75) is 62.1 Å². The molecule has 3 atom stereocenters. The minimum atomic E-state index is -0.295.